The normalized spacial score (nSPS) is 18.7. The van der Waals surface area contributed by atoms with E-state index in [9.17, 15) is 4.79 Å². The first-order chi connectivity index (χ1) is 10.1. The molecule has 0 saturated carbocycles. The van der Waals surface area contributed by atoms with Gasteiger partial charge in [0.15, 0.2) is 0 Å². The number of nitrogens with zero attached hydrogens (tertiary/aromatic N) is 1. The van der Waals surface area contributed by atoms with Crippen LogP contribution in [-0.4, -0.2) is 17.4 Å². The molecule has 1 N–H and O–H groups in total. The summed E-state index contributed by atoms with van der Waals surface area (Å²) in [7, 11) is 0. The summed E-state index contributed by atoms with van der Waals surface area (Å²) in [5.41, 5.74) is 5.72. The minimum absolute atomic E-state index is 0.0232. The molecule has 2 rings (SSSR count). The molecule has 0 fully saturated rings. The largest absolute Gasteiger partial charge is 0.273 e. The van der Waals surface area contributed by atoms with Crippen LogP contribution in [0.1, 0.15) is 25.8 Å². The van der Waals surface area contributed by atoms with Crippen LogP contribution in [0.15, 0.2) is 40.3 Å². The Morgan fingerprint density at radius 3 is 3.14 bits per heavy atom. The Morgan fingerprint density at radius 1 is 1.62 bits per heavy atom. The number of carbonyl (C=O) groups excluding carboxylic acids is 1. The summed E-state index contributed by atoms with van der Waals surface area (Å²) in [6.07, 6.45) is 7.82. The van der Waals surface area contributed by atoms with E-state index < -0.39 is 0 Å². The van der Waals surface area contributed by atoms with Crippen LogP contribution < -0.4 is 5.43 Å². The predicted octanol–water partition coefficient (Wildman–Crippen LogP) is 3.33. The maximum absolute atomic E-state index is 11.3. The predicted molar refractivity (Wildman–Crippen MR) is 89.0 cm³/mol. The van der Waals surface area contributed by atoms with E-state index in [1.807, 2.05) is 19.1 Å². The van der Waals surface area contributed by atoms with Crippen LogP contribution >= 0.6 is 11.8 Å². The molecule has 1 aliphatic heterocycles. The fourth-order valence-electron chi connectivity index (χ4n) is 2.10. The van der Waals surface area contributed by atoms with E-state index in [1.165, 1.54) is 0 Å². The molecule has 0 aliphatic carbocycles. The zero-order valence-electron chi connectivity index (χ0n) is 12.2. The molecule has 1 aromatic carbocycles. The Bertz CT molecular complexity index is 640. The van der Waals surface area contributed by atoms with Gasteiger partial charge >= 0.3 is 0 Å². The number of hydrogen-bond donors (Lipinski definition) is 1. The quantitative estimate of drug-likeness (QED) is 0.684. The van der Waals surface area contributed by atoms with Gasteiger partial charge in [-0.05, 0) is 36.3 Å². The number of hydrogen-bond acceptors (Lipinski definition) is 3. The van der Waals surface area contributed by atoms with Gasteiger partial charge in [0.1, 0.15) is 0 Å². The molecule has 21 heavy (non-hydrogen) atoms. The molecule has 108 valence electrons. The summed E-state index contributed by atoms with van der Waals surface area (Å²) in [5, 5.41) is 4.14. The number of hydrazone groups is 1. The highest BCUT2D eigenvalue weighted by atomic mass is 32.2. The summed E-state index contributed by atoms with van der Waals surface area (Å²) < 4.78 is 0. The molecule has 1 aliphatic rings. The summed E-state index contributed by atoms with van der Waals surface area (Å²) >= 11 is 1.65. The molecule has 3 nitrogen and oxygen atoms in total. The summed E-state index contributed by atoms with van der Waals surface area (Å²) in [4.78, 5) is 12.4. The van der Waals surface area contributed by atoms with Gasteiger partial charge in [-0.2, -0.15) is 5.10 Å². The van der Waals surface area contributed by atoms with Gasteiger partial charge in [0, 0.05) is 17.2 Å². The number of terminal acetylenes is 1. The van der Waals surface area contributed by atoms with Crippen molar-refractivity contribution in [1.82, 2.24) is 5.43 Å². The second-order valence-electron chi connectivity index (χ2n) is 5.02. The lowest BCUT2D eigenvalue weighted by atomic mass is 9.96. The van der Waals surface area contributed by atoms with E-state index in [1.54, 1.807) is 11.8 Å². The monoisotopic (exact) mass is 298 g/mol. The second-order valence-corrected chi connectivity index (χ2v) is 6.07. The van der Waals surface area contributed by atoms with Crippen LogP contribution in [0, 0.1) is 18.3 Å². The maximum atomic E-state index is 11.3. The molecule has 1 atom stereocenters. The topological polar surface area (TPSA) is 41.5 Å². The first kappa shape index (κ1) is 15.4. The Balaban J connectivity index is 2.19. The van der Waals surface area contributed by atoms with Crippen molar-refractivity contribution in [1.29, 1.82) is 0 Å². The molecule has 0 aromatic heterocycles. The molecule has 1 heterocycles. The van der Waals surface area contributed by atoms with E-state index in [0.717, 1.165) is 21.7 Å². The van der Waals surface area contributed by atoms with Gasteiger partial charge in [-0.15, -0.1) is 18.2 Å². The van der Waals surface area contributed by atoms with E-state index in [-0.39, 0.29) is 11.8 Å². The smallest absolute Gasteiger partial charge is 0.240 e. The molecule has 1 unspecified atom stereocenters. The standard InChI is InChI=1S/C17H18N2OS/c1-4-8-21-15-7-5-6-14(11-15)12(2)9-16-13(3)10-17(20)19-18-16/h1,5-7,9,11,13H,8,10H2,2-3H3,(H,19,20). The number of benzene rings is 1. The minimum Gasteiger partial charge on any atom is -0.273 e. The van der Waals surface area contributed by atoms with Crippen LogP contribution in [0.4, 0.5) is 0 Å². The molecular formula is C17H18N2OS. The van der Waals surface area contributed by atoms with Gasteiger partial charge in [0.2, 0.25) is 5.91 Å². The van der Waals surface area contributed by atoms with Crippen molar-refractivity contribution < 1.29 is 4.79 Å². The first-order valence-corrected chi connectivity index (χ1v) is 7.80. The lowest BCUT2D eigenvalue weighted by Crippen LogP contribution is -2.30. The Labute approximate surface area is 129 Å². The van der Waals surface area contributed by atoms with Crippen molar-refractivity contribution in [3.8, 4) is 12.3 Å². The first-order valence-electron chi connectivity index (χ1n) is 6.81. The van der Waals surface area contributed by atoms with Gasteiger partial charge in [0.05, 0.1) is 11.5 Å². The molecule has 0 saturated heterocycles. The van der Waals surface area contributed by atoms with Crippen LogP contribution in [0.25, 0.3) is 5.57 Å². The van der Waals surface area contributed by atoms with E-state index in [4.69, 9.17) is 6.42 Å². The average molecular weight is 298 g/mol. The maximum Gasteiger partial charge on any atom is 0.240 e. The summed E-state index contributed by atoms with van der Waals surface area (Å²) in [6, 6.07) is 8.28. The van der Waals surface area contributed by atoms with Gasteiger partial charge in [-0.1, -0.05) is 25.0 Å². The fraction of sp³-hybridized carbons (Fsp3) is 0.294. The van der Waals surface area contributed by atoms with Crippen molar-refractivity contribution in [2.24, 2.45) is 11.0 Å². The molecule has 0 radical (unpaired) electrons. The SMILES string of the molecule is C#CCSc1cccc(C(C)=CC2=NNC(=O)CC2C)c1. The third-order valence-corrected chi connectivity index (χ3v) is 4.18. The van der Waals surface area contributed by atoms with E-state index in [0.29, 0.717) is 12.2 Å². The van der Waals surface area contributed by atoms with Crippen LogP contribution in [-0.2, 0) is 4.79 Å². The highest BCUT2D eigenvalue weighted by Gasteiger charge is 2.18. The minimum atomic E-state index is -0.0232. The van der Waals surface area contributed by atoms with Crippen LogP contribution in [0.3, 0.4) is 0 Å². The third kappa shape index (κ3) is 4.24. The molecular weight excluding hydrogens is 280 g/mol. The van der Waals surface area contributed by atoms with E-state index in [2.05, 4.69) is 41.6 Å². The molecule has 1 aromatic rings. The number of nitrogens with one attached hydrogen (secondary N) is 1. The van der Waals surface area contributed by atoms with Crippen molar-refractivity contribution in [2.45, 2.75) is 25.2 Å². The third-order valence-electron chi connectivity index (χ3n) is 3.28. The Morgan fingerprint density at radius 2 is 2.43 bits per heavy atom. The number of allylic oxidation sites excluding steroid dienone is 2. The van der Waals surface area contributed by atoms with Crippen molar-refractivity contribution in [3.63, 3.8) is 0 Å². The molecule has 1 amide bonds. The molecule has 0 bridgehead atoms. The average Bonchev–Trinajstić information content (AvgIpc) is 2.48. The van der Waals surface area contributed by atoms with Crippen molar-refractivity contribution >= 4 is 29.0 Å². The Kier molecular flexibility index (Phi) is 5.24. The van der Waals surface area contributed by atoms with Crippen LogP contribution in [0.2, 0.25) is 0 Å². The molecule has 4 heteroatoms. The van der Waals surface area contributed by atoms with Crippen molar-refractivity contribution in [2.75, 3.05) is 5.75 Å². The van der Waals surface area contributed by atoms with Gasteiger partial charge in [-0.25, -0.2) is 5.43 Å². The summed E-state index contributed by atoms with van der Waals surface area (Å²) in [6.45, 7) is 4.07. The summed E-state index contributed by atoms with van der Waals surface area (Å²) in [5.74, 6) is 3.42. The zero-order valence-corrected chi connectivity index (χ0v) is 13.0. The zero-order chi connectivity index (χ0) is 15.2. The highest BCUT2D eigenvalue weighted by Crippen LogP contribution is 2.23. The molecule has 0 spiro atoms. The fourth-order valence-corrected chi connectivity index (χ4v) is 2.74. The number of amides is 1. The van der Waals surface area contributed by atoms with Gasteiger partial charge in [-0.3, -0.25) is 4.79 Å². The number of thioether (sulfide) groups is 1. The van der Waals surface area contributed by atoms with Gasteiger partial charge in [0.25, 0.3) is 0 Å². The lowest BCUT2D eigenvalue weighted by molar-refractivity contribution is -0.121. The number of rotatable bonds is 4. The van der Waals surface area contributed by atoms with Crippen molar-refractivity contribution in [3.05, 3.63) is 35.9 Å². The Hall–Kier alpha value is -1.99. The highest BCUT2D eigenvalue weighted by molar-refractivity contribution is 7.99. The van der Waals surface area contributed by atoms with Crippen LogP contribution in [0.5, 0.6) is 0 Å². The van der Waals surface area contributed by atoms with E-state index >= 15 is 0 Å². The second kappa shape index (κ2) is 7.14. The van der Waals surface area contributed by atoms with Gasteiger partial charge < -0.3 is 0 Å². The lowest BCUT2D eigenvalue weighted by Gasteiger charge is -2.17. The number of carbonyl (C=O) groups is 1.